The van der Waals surface area contributed by atoms with Crippen LogP contribution < -0.4 is 20.3 Å². The number of fused-ring (bicyclic) bond motifs is 1. The first kappa shape index (κ1) is 22.7. The molecular weight excluding hydrogens is 420 g/mol. The van der Waals surface area contributed by atoms with Crippen LogP contribution in [0.5, 0.6) is 11.5 Å². The molecule has 1 aliphatic rings. The van der Waals surface area contributed by atoms with Gasteiger partial charge in [0.25, 0.3) is 5.56 Å². The molecular formula is C25H30N4O4. The number of nitrogens with one attached hydrogen (secondary N) is 1. The van der Waals surface area contributed by atoms with E-state index in [9.17, 15) is 9.59 Å². The van der Waals surface area contributed by atoms with E-state index in [1.54, 1.807) is 23.6 Å². The fourth-order valence-corrected chi connectivity index (χ4v) is 4.49. The molecule has 0 bridgehead atoms. The van der Waals surface area contributed by atoms with Crippen LogP contribution in [0.4, 0.5) is 5.69 Å². The first-order valence-electron chi connectivity index (χ1n) is 11.0. The zero-order chi connectivity index (χ0) is 23.7. The van der Waals surface area contributed by atoms with E-state index in [4.69, 9.17) is 9.47 Å². The van der Waals surface area contributed by atoms with Crippen molar-refractivity contribution in [3.8, 4) is 17.2 Å². The minimum absolute atomic E-state index is 0.0251. The number of para-hydroxylation sites is 1. The van der Waals surface area contributed by atoms with Gasteiger partial charge in [-0.15, -0.1) is 0 Å². The molecule has 1 aromatic heterocycles. The molecule has 1 atom stereocenters. The Labute approximate surface area is 193 Å². The van der Waals surface area contributed by atoms with Crippen LogP contribution in [0, 0.1) is 6.92 Å². The Hall–Kier alpha value is -3.52. The fourth-order valence-electron chi connectivity index (χ4n) is 4.49. The number of hydrogen-bond donors (Lipinski definition) is 1. The molecule has 3 aromatic rings. The summed E-state index contributed by atoms with van der Waals surface area (Å²) in [5, 5.41) is 2.86. The molecule has 4 rings (SSSR count). The number of amides is 1. The van der Waals surface area contributed by atoms with Gasteiger partial charge in [-0.2, -0.15) is 0 Å². The molecule has 1 N–H and O–H groups in total. The van der Waals surface area contributed by atoms with Crippen molar-refractivity contribution in [3.63, 3.8) is 0 Å². The predicted octanol–water partition coefficient (Wildman–Crippen LogP) is 3.06. The second-order valence-corrected chi connectivity index (χ2v) is 8.29. The summed E-state index contributed by atoms with van der Waals surface area (Å²) in [6, 6.07) is 13.4. The standard InChI is InChI=1S/C25H30N4O4/c1-16-20-14-22(33-5)21(32-4)13-18(20)11-12-28(16)15-23(30)26-24-17(2)27(3)29(25(24)31)19-9-7-6-8-10-19/h6-10,13-14,16H,11-12,15H2,1-5H3,(H,26,30). The summed E-state index contributed by atoms with van der Waals surface area (Å²) >= 11 is 0. The van der Waals surface area contributed by atoms with Crippen LogP contribution in [0.1, 0.15) is 29.8 Å². The van der Waals surface area contributed by atoms with Crippen molar-refractivity contribution in [1.82, 2.24) is 14.3 Å². The lowest BCUT2D eigenvalue weighted by atomic mass is 9.93. The normalized spacial score (nSPS) is 15.7. The molecule has 0 saturated carbocycles. The van der Waals surface area contributed by atoms with Gasteiger partial charge in [-0.3, -0.25) is 19.2 Å². The molecule has 2 heterocycles. The van der Waals surface area contributed by atoms with E-state index >= 15 is 0 Å². The van der Waals surface area contributed by atoms with Crippen molar-refractivity contribution in [2.45, 2.75) is 26.3 Å². The van der Waals surface area contributed by atoms with Crippen molar-refractivity contribution in [1.29, 1.82) is 0 Å². The lowest BCUT2D eigenvalue weighted by Crippen LogP contribution is -2.40. The first-order valence-corrected chi connectivity index (χ1v) is 11.0. The van der Waals surface area contributed by atoms with Crippen LogP contribution in [0.15, 0.2) is 47.3 Å². The third-order valence-corrected chi connectivity index (χ3v) is 6.48. The van der Waals surface area contributed by atoms with Gasteiger partial charge in [0.05, 0.1) is 32.1 Å². The second-order valence-electron chi connectivity index (χ2n) is 8.29. The maximum Gasteiger partial charge on any atom is 0.295 e. The summed E-state index contributed by atoms with van der Waals surface area (Å²) in [5.74, 6) is 1.18. The Balaban J connectivity index is 1.53. The highest BCUT2D eigenvalue weighted by Crippen LogP contribution is 2.37. The van der Waals surface area contributed by atoms with Crippen LogP contribution in [-0.4, -0.2) is 47.5 Å². The number of methoxy groups -OCH3 is 2. The first-order chi connectivity index (χ1) is 15.8. The summed E-state index contributed by atoms with van der Waals surface area (Å²) in [6.07, 6.45) is 0.804. The van der Waals surface area contributed by atoms with Gasteiger partial charge in [-0.05, 0) is 55.7 Å². The summed E-state index contributed by atoms with van der Waals surface area (Å²) in [5.41, 5.74) is 3.83. The fraction of sp³-hybridized carbons (Fsp3) is 0.360. The van der Waals surface area contributed by atoms with Crippen LogP contribution in [0.25, 0.3) is 5.69 Å². The Morgan fingerprint density at radius 1 is 1.12 bits per heavy atom. The monoisotopic (exact) mass is 450 g/mol. The lowest BCUT2D eigenvalue weighted by molar-refractivity contribution is -0.117. The number of rotatable bonds is 6. The minimum Gasteiger partial charge on any atom is -0.493 e. The number of anilines is 1. The van der Waals surface area contributed by atoms with Crippen molar-refractivity contribution >= 4 is 11.6 Å². The van der Waals surface area contributed by atoms with Crippen molar-refractivity contribution in [2.75, 3.05) is 32.6 Å². The highest BCUT2D eigenvalue weighted by molar-refractivity contribution is 5.92. The Morgan fingerprint density at radius 2 is 1.79 bits per heavy atom. The molecule has 8 heteroatoms. The maximum atomic E-state index is 13.1. The number of hydrogen-bond acceptors (Lipinski definition) is 5. The second kappa shape index (κ2) is 9.15. The highest BCUT2D eigenvalue weighted by Gasteiger charge is 2.28. The molecule has 174 valence electrons. The van der Waals surface area contributed by atoms with Crippen LogP contribution in [-0.2, 0) is 18.3 Å². The predicted molar refractivity (Wildman–Crippen MR) is 128 cm³/mol. The molecule has 0 aliphatic carbocycles. The van der Waals surface area contributed by atoms with E-state index < -0.39 is 0 Å². The Kier molecular flexibility index (Phi) is 6.29. The van der Waals surface area contributed by atoms with Gasteiger partial charge in [0, 0.05) is 19.6 Å². The average Bonchev–Trinajstić information content (AvgIpc) is 3.03. The van der Waals surface area contributed by atoms with Crippen molar-refractivity contribution in [2.24, 2.45) is 7.05 Å². The smallest absolute Gasteiger partial charge is 0.295 e. The molecule has 8 nitrogen and oxygen atoms in total. The maximum absolute atomic E-state index is 13.1. The molecule has 0 saturated heterocycles. The molecule has 0 radical (unpaired) electrons. The van der Waals surface area contributed by atoms with Gasteiger partial charge in [0.1, 0.15) is 5.69 Å². The summed E-state index contributed by atoms with van der Waals surface area (Å²) in [7, 11) is 5.06. The minimum atomic E-state index is -0.247. The topological polar surface area (TPSA) is 77.7 Å². The Morgan fingerprint density at radius 3 is 2.45 bits per heavy atom. The molecule has 1 unspecified atom stereocenters. The number of carbonyl (C=O) groups excluding carboxylic acids is 1. The molecule has 1 amide bonds. The van der Waals surface area contributed by atoms with Gasteiger partial charge in [-0.25, -0.2) is 4.68 Å². The molecule has 2 aromatic carbocycles. The van der Waals surface area contributed by atoms with E-state index in [2.05, 4.69) is 17.1 Å². The van der Waals surface area contributed by atoms with Crippen LogP contribution in [0.2, 0.25) is 0 Å². The molecule has 0 spiro atoms. The van der Waals surface area contributed by atoms with Gasteiger partial charge < -0.3 is 14.8 Å². The van der Waals surface area contributed by atoms with Gasteiger partial charge in [-0.1, -0.05) is 18.2 Å². The van der Waals surface area contributed by atoms with Crippen molar-refractivity contribution < 1.29 is 14.3 Å². The number of carbonyl (C=O) groups is 1. The van der Waals surface area contributed by atoms with Gasteiger partial charge in [0.15, 0.2) is 11.5 Å². The zero-order valence-electron chi connectivity index (χ0n) is 19.7. The molecule has 0 fully saturated rings. The van der Waals surface area contributed by atoms with Crippen molar-refractivity contribution in [3.05, 3.63) is 69.6 Å². The third kappa shape index (κ3) is 4.14. The van der Waals surface area contributed by atoms with E-state index in [0.717, 1.165) is 24.2 Å². The summed E-state index contributed by atoms with van der Waals surface area (Å²) < 4.78 is 14.2. The largest absolute Gasteiger partial charge is 0.493 e. The molecule has 1 aliphatic heterocycles. The van der Waals surface area contributed by atoms with Gasteiger partial charge in [0.2, 0.25) is 5.91 Å². The van der Waals surface area contributed by atoms with Crippen LogP contribution in [0.3, 0.4) is 0 Å². The lowest BCUT2D eigenvalue weighted by Gasteiger charge is -2.35. The highest BCUT2D eigenvalue weighted by atomic mass is 16.5. The van der Waals surface area contributed by atoms with Crippen LogP contribution >= 0.6 is 0 Å². The van der Waals surface area contributed by atoms with E-state index in [0.29, 0.717) is 22.9 Å². The van der Waals surface area contributed by atoms with E-state index in [1.165, 1.54) is 5.56 Å². The van der Waals surface area contributed by atoms with E-state index in [1.807, 2.05) is 56.4 Å². The number of aromatic nitrogens is 2. The third-order valence-electron chi connectivity index (χ3n) is 6.48. The summed E-state index contributed by atoms with van der Waals surface area (Å²) in [6.45, 7) is 4.83. The van der Waals surface area contributed by atoms with Gasteiger partial charge >= 0.3 is 0 Å². The van der Waals surface area contributed by atoms with E-state index in [-0.39, 0.29) is 24.1 Å². The molecule has 33 heavy (non-hydrogen) atoms. The number of benzene rings is 2. The zero-order valence-corrected chi connectivity index (χ0v) is 19.7. The quantitative estimate of drug-likeness (QED) is 0.625. The summed E-state index contributed by atoms with van der Waals surface area (Å²) in [4.78, 5) is 28.2. The Bertz CT molecular complexity index is 1230. The SMILES string of the molecule is COc1cc2c(cc1OC)C(C)N(CC(=O)Nc1c(C)n(C)n(-c3ccccc3)c1=O)CC2. The average molecular weight is 451 g/mol. The number of nitrogens with zero attached hydrogens (tertiary/aromatic N) is 3. The number of ether oxygens (including phenoxy) is 2.